The predicted octanol–water partition coefficient (Wildman–Crippen LogP) is 3.29. The van der Waals surface area contributed by atoms with Crippen molar-refractivity contribution < 1.29 is 19.1 Å². The average molecular weight is 325 g/mol. The Labute approximate surface area is 135 Å². The number of aryl methyl sites for hydroxylation is 1. The van der Waals surface area contributed by atoms with E-state index in [1.54, 1.807) is 0 Å². The fraction of sp³-hybridized carbons (Fsp3) is 0.625. The van der Waals surface area contributed by atoms with Crippen molar-refractivity contribution >= 4 is 23.6 Å². The van der Waals surface area contributed by atoms with Gasteiger partial charge in [0, 0.05) is 30.8 Å². The molecule has 0 saturated carbocycles. The summed E-state index contributed by atoms with van der Waals surface area (Å²) < 4.78 is 5.50. The molecule has 1 fully saturated rings. The molecule has 1 atom stereocenters. The van der Waals surface area contributed by atoms with E-state index in [-0.39, 0.29) is 17.2 Å². The number of rotatable bonds is 5. The van der Waals surface area contributed by atoms with Crippen LogP contribution in [0.15, 0.2) is 10.5 Å². The topological polar surface area (TPSA) is 70.8 Å². The molecule has 1 saturated heterocycles. The second kappa shape index (κ2) is 7.72. The van der Waals surface area contributed by atoms with Crippen LogP contribution in [0.4, 0.5) is 0 Å². The lowest BCUT2D eigenvalue weighted by Crippen LogP contribution is -2.35. The van der Waals surface area contributed by atoms with E-state index in [1.165, 1.54) is 6.07 Å². The molecule has 1 aliphatic rings. The second-order valence-electron chi connectivity index (χ2n) is 5.43. The van der Waals surface area contributed by atoms with Gasteiger partial charge in [-0.2, -0.15) is 11.8 Å². The number of carbonyl (C=O) groups is 2. The summed E-state index contributed by atoms with van der Waals surface area (Å²) in [7, 11) is 0. The summed E-state index contributed by atoms with van der Waals surface area (Å²) in [4.78, 5) is 25.6. The molecular formula is C16H23NO4S. The van der Waals surface area contributed by atoms with Crippen LogP contribution in [0.1, 0.15) is 59.8 Å². The monoisotopic (exact) mass is 325 g/mol. The maximum atomic E-state index is 12.6. The van der Waals surface area contributed by atoms with Gasteiger partial charge in [0.2, 0.25) is 0 Å². The van der Waals surface area contributed by atoms with Gasteiger partial charge >= 0.3 is 5.97 Å². The number of likely N-dealkylation sites (tertiary alicyclic amines) is 1. The van der Waals surface area contributed by atoms with Crippen LogP contribution >= 0.6 is 11.8 Å². The third-order valence-electron chi connectivity index (χ3n) is 3.89. The predicted molar refractivity (Wildman–Crippen MR) is 86.7 cm³/mol. The minimum Gasteiger partial charge on any atom is -0.478 e. The molecule has 0 bridgehead atoms. The number of thioether (sulfide) groups is 1. The van der Waals surface area contributed by atoms with Crippen molar-refractivity contribution in [3.63, 3.8) is 0 Å². The van der Waals surface area contributed by atoms with Gasteiger partial charge in [-0.25, -0.2) is 4.79 Å². The van der Waals surface area contributed by atoms with Crippen molar-refractivity contribution in [1.82, 2.24) is 4.90 Å². The fourth-order valence-corrected chi connectivity index (χ4v) is 3.88. The molecule has 2 rings (SSSR count). The van der Waals surface area contributed by atoms with Gasteiger partial charge in [-0.05, 0) is 18.6 Å². The van der Waals surface area contributed by atoms with Crippen LogP contribution in [0.2, 0.25) is 0 Å². The van der Waals surface area contributed by atoms with Crippen molar-refractivity contribution in [2.24, 2.45) is 0 Å². The largest absolute Gasteiger partial charge is 0.478 e. The van der Waals surface area contributed by atoms with Gasteiger partial charge in [0.1, 0.15) is 11.3 Å². The van der Waals surface area contributed by atoms with E-state index >= 15 is 0 Å². The van der Waals surface area contributed by atoms with Gasteiger partial charge in [-0.1, -0.05) is 20.3 Å². The molecule has 2 heterocycles. The normalized spacial score (nSPS) is 19.0. The Morgan fingerprint density at radius 2 is 2.18 bits per heavy atom. The van der Waals surface area contributed by atoms with Crippen LogP contribution in [0.5, 0.6) is 0 Å². The Kier molecular flexibility index (Phi) is 5.94. The number of hydrogen-bond acceptors (Lipinski definition) is 4. The van der Waals surface area contributed by atoms with Crippen molar-refractivity contribution in [2.75, 3.05) is 18.8 Å². The van der Waals surface area contributed by atoms with Gasteiger partial charge in [0.25, 0.3) is 5.91 Å². The van der Waals surface area contributed by atoms with Crippen molar-refractivity contribution in [3.05, 3.63) is 23.2 Å². The maximum absolute atomic E-state index is 12.6. The molecule has 5 nitrogen and oxygen atoms in total. The van der Waals surface area contributed by atoms with E-state index < -0.39 is 5.97 Å². The summed E-state index contributed by atoms with van der Waals surface area (Å²) >= 11 is 1.88. The number of amides is 1. The summed E-state index contributed by atoms with van der Waals surface area (Å²) in [6.07, 6.45) is 3.70. The zero-order valence-corrected chi connectivity index (χ0v) is 13.9. The first-order chi connectivity index (χ1) is 10.6. The van der Waals surface area contributed by atoms with Crippen LogP contribution in [-0.4, -0.2) is 46.0 Å². The minimum atomic E-state index is -1.05. The van der Waals surface area contributed by atoms with E-state index in [9.17, 15) is 14.7 Å². The van der Waals surface area contributed by atoms with E-state index in [1.807, 2.05) is 23.6 Å². The van der Waals surface area contributed by atoms with Crippen molar-refractivity contribution in [3.8, 4) is 0 Å². The first kappa shape index (κ1) is 16.9. The summed E-state index contributed by atoms with van der Waals surface area (Å²) in [5, 5.41) is 9.63. The van der Waals surface area contributed by atoms with Gasteiger partial charge < -0.3 is 14.4 Å². The standard InChI is InChI=1S/C16H23NO4S/c1-3-13-12(16(19)20)9-14(21-13)15(18)17-8-6-5-7-11(10-17)22-4-2/h9,11H,3-8,10H2,1-2H3,(H,19,20). The Morgan fingerprint density at radius 3 is 2.77 bits per heavy atom. The van der Waals surface area contributed by atoms with Crippen molar-refractivity contribution in [2.45, 2.75) is 44.8 Å². The minimum absolute atomic E-state index is 0.0974. The van der Waals surface area contributed by atoms with E-state index in [4.69, 9.17) is 4.42 Å². The Morgan fingerprint density at radius 1 is 1.41 bits per heavy atom. The summed E-state index contributed by atoms with van der Waals surface area (Å²) in [5.41, 5.74) is 0.0974. The van der Waals surface area contributed by atoms with Gasteiger partial charge in [0.15, 0.2) is 5.76 Å². The smallest absolute Gasteiger partial charge is 0.339 e. The molecule has 1 unspecified atom stereocenters. The molecule has 1 aromatic rings. The van der Waals surface area contributed by atoms with Crippen LogP contribution in [0.3, 0.4) is 0 Å². The van der Waals surface area contributed by atoms with Gasteiger partial charge in [0.05, 0.1) is 0 Å². The van der Waals surface area contributed by atoms with Crippen LogP contribution in [0, 0.1) is 0 Å². The highest BCUT2D eigenvalue weighted by molar-refractivity contribution is 7.99. The van der Waals surface area contributed by atoms with Crippen LogP contribution in [-0.2, 0) is 6.42 Å². The molecule has 0 radical (unpaired) electrons. The highest BCUT2D eigenvalue weighted by Crippen LogP contribution is 2.24. The molecule has 0 aromatic carbocycles. The summed E-state index contributed by atoms with van der Waals surface area (Å²) in [6, 6.07) is 1.37. The van der Waals surface area contributed by atoms with Crippen LogP contribution in [0.25, 0.3) is 0 Å². The number of carbonyl (C=O) groups excluding carboxylic acids is 1. The molecule has 0 spiro atoms. The molecule has 6 heteroatoms. The molecule has 22 heavy (non-hydrogen) atoms. The maximum Gasteiger partial charge on any atom is 0.339 e. The SMILES string of the molecule is CCSC1CCCCN(C(=O)c2cc(C(=O)O)c(CC)o2)C1. The first-order valence-corrected chi connectivity index (χ1v) is 8.88. The molecule has 1 aliphatic heterocycles. The van der Waals surface area contributed by atoms with E-state index in [0.717, 1.165) is 25.0 Å². The van der Waals surface area contributed by atoms with Crippen LogP contribution < -0.4 is 0 Å². The van der Waals surface area contributed by atoms with Gasteiger partial charge in [-0.15, -0.1) is 0 Å². The molecule has 122 valence electrons. The summed E-state index contributed by atoms with van der Waals surface area (Å²) in [5.74, 6) is 0.318. The highest BCUT2D eigenvalue weighted by atomic mass is 32.2. The number of carboxylic acids is 1. The molecule has 0 aliphatic carbocycles. The Hall–Kier alpha value is -1.43. The number of furan rings is 1. The van der Waals surface area contributed by atoms with E-state index in [0.29, 0.717) is 30.5 Å². The second-order valence-corrected chi connectivity index (χ2v) is 7.01. The average Bonchev–Trinajstić information content (AvgIpc) is 2.80. The molecular weight excluding hydrogens is 302 g/mol. The number of hydrogen-bond donors (Lipinski definition) is 1. The Bertz CT molecular complexity index is 540. The lowest BCUT2D eigenvalue weighted by molar-refractivity contribution is 0.0691. The third kappa shape index (κ3) is 3.85. The molecule has 1 aromatic heterocycles. The third-order valence-corrected chi connectivity index (χ3v) is 5.08. The molecule has 1 amide bonds. The first-order valence-electron chi connectivity index (χ1n) is 7.83. The highest BCUT2D eigenvalue weighted by Gasteiger charge is 2.27. The van der Waals surface area contributed by atoms with Gasteiger partial charge in [-0.3, -0.25) is 4.79 Å². The number of aromatic carboxylic acids is 1. The molecule has 1 N–H and O–H groups in total. The summed E-state index contributed by atoms with van der Waals surface area (Å²) in [6.45, 7) is 5.37. The number of nitrogens with zero attached hydrogens (tertiary/aromatic N) is 1. The fourth-order valence-electron chi connectivity index (χ4n) is 2.79. The quantitative estimate of drug-likeness (QED) is 0.899. The lowest BCUT2D eigenvalue weighted by Gasteiger charge is -2.23. The lowest BCUT2D eigenvalue weighted by atomic mass is 10.2. The number of carboxylic acid groups (broad SMARTS) is 1. The zero-order valence-electron chi connectivity index (χ0n) is 13.1. The van der Waals surface area contributed by atoms with E-state index in [2.05, 4.69) is 6.92 Å². The Balaban J connectivity index is 2.17. The van der Waals surface area contributed by atoms with Crippen molar-refractivity contribution in [1.29, 1.82) is 0 Å². The zero-order chi connectivity index (χ0) is 16.1.